The molecule has 0 saturated heterocycles. The highest BCUT2D eigenvalue weighted by molar-refractivity contribution is 5.24. The Labute approximate surface area is 72.4 Å². The van der Waals surface area contributed by atoms with Crippen molar-refractivity contribution in [1.82, 2.24) is 0 Å². The van der Waals surface area contributed by atoms with Gasteiger partial charge in [0.05, 0.1) is 0 Å². The van der Waals surface area contributed by atoms with Gasteiger partial charge in [-0.3, -0.25) is 0 Å². The molecule has 0 aliphatic heterocycles. The molecule has 0 bridgehead atoms. The lowest BCUT2D eigenvalue weighted by Crippen LogP contribution is -1.98. The Hall–Kier alpha value is -0.850. The number of benzene rings is 1. The zero-order valence-electron chi connectivity index (χ0n) is 6.96. The normalized spacial score (nSPS) is 19.2. The molecule has 63 valence electrons. The molecule has 0 nitrogen and oxygen atoms in total. The Bertz CT molecular complexity index is 276. The number of rotatable bonds is 2. The molecule has 1 heteroatoms. The largest absolute Gasteiger partial charge is 0.207 e. The zero-order chi connectivity index (χ0) is 8.55. The summed E-state index contributed by atoms with van der Waals surface area (Å²) in [4.78, 5) is 0. The van der Waals surface area contributed by atoms with Crippen molar-refractivity contribution in [3.8, 4) is 0 Å². The molecule has 12 heavy (non-hydrogen) atoms. The highest BCUT2D eigenvalue weighted by atomic mass is 19.1. The predicted octanol–water partition coefficient (Wildman–Crippen LogP) is 3.15. The van der Waals surface area contributed by atoms with Crippen molar-refractivity contribution in [3.05, 3.63) is 42.6 Å². The highest BCUT2D eigenvalue weighted by Crippen LogP contribution is 2.42. The van der Waals surface area contributed by atoms with Crippen LogP contribution in [0, 0.1) is 18.7 Å². The minimum absolute atomic E-state index is 0.107. The highest BCUT2D eigenvalue weighted by Gasteiger charge is 2.30. The summed E-state index contributed by atoms with van der Waals surface area (Å²) in [5.41, 5.74) is 0.778. The quantitative estimate of drug-likeness (QED) is 0.628. The molecule has 0 amide bonds. The number of hydrogen-bond acceptors (Lipinski definition) is 0. The van der Waals surface area contributed by atoms with Gasteiger partial charge < -0.3 is 0 Å². The first-order valence-corrected chi connectivity index (χ1v) is 4.36. The maximum Gasteiger partial charge on any atom is 0.126 e. The molecule has 1 radical (unpaired) electrons. The second-order valence-electron chi connectivity index (χ2n) is 3.47. The van der Waals surface area contributed by atoms with Crippen LogP contribution in [0.3, 0.4) is 0 Å². The van der Waals surface area contributed by atoms with Gasteiger partial charge >= 0.3 is 0 Å². The van der Waals surface area contributed by atoms with Crippen molar-refractivity contribution in [2.24, 2.45) is 5.92 Å². The van der Waals surface area contributed by atoms with Crippen LogP contribution in [0.1, 0.15) is 24.3 Å². The van der Waals surface area contributed by atoms with Crippen molar-refractivity contribution >= 4 is 0 Å². The van der Waals surface area contributed by atoms with Crippen LogP contribution < -0.4 is 0 Å². The van der Waals surface area contributed by atoms with Crippen LogP contribution in [-0.2, 0) is 0 Å². The van der Waals surface area contributed by atoms with E-state index in [-0.39, 0.29) is 11.7 Å². The molecule has 1 atom stereocenters. The molecule has 0 spiro atoms. The van der Waals surface area contributed by atoms with E-state index in [0.29, 0.717) is 5.92 Å². The Morgan fingerprint density at radius 1 is 1.33 bits per heavy atom. The van der Waals surface area contributed by atoms with E-state index in [2.05, 4.69) is 6.92 Å². The fraction of sp³-hybridized carbons (Fsp3) is 0.364. The van der Waals surface area contributed by atoms with Crippen molar-refractivity contribution in [2.75, 3.05) is 0 Å². The maximum atomic E-state index is 13.2. The monoisotopic (exact) mass is 163 g/mol. The van der Waals surface area contributed by atoms with Gasteiger partial charge in [-0.1, -0.05) is 18.2 Å². The summed E-state index contributed by atoms with van der Waals surface area (Å²) in [6.45, 7) is 3.99. The third-order valence-corrected chi connectivity index (χ3v) is 2.50. The van der Waals surface area contributed by atoms with Crippen LogP contribution in [0.15, 0.2) is 24.3 Å². The van der Waals surface area contributed by atoms with Gasteiger partial charge in [-0.25, -0.2) is 4.39 Å². The molecule has 1 unspecified atom stereocenters. The van der Waals surface area contributed by atoms with Crippen LogP contribution in [-0.4, -0.2) is 0 Å². The summed E-state index contributed by atoms with van der Waals surface area (Å²) in [6.07, 6.45) is 2.42. The standard InChI is InChI=1S/C11H12F/c1-8(9-6-7-9)10-4-2-3-5-11(10)12/h2-5,8-9H,1,6-7H2. The summed E-state index contributed by atoms with van der Waals surface area (Å²) >= 11 is 0. The molecule has 1 fully saturated rings. The van der Waals surface area contributed by atoms with Crippen LogP contribution >= 0.6 is 0 Å². The summed E-state index contributed by atoms with van der Waals surface area (Å²) in [5, 5.41) is 0. The Morgan fingerprint density at radius 2 is 2.00 bits per heavy atom. The van der Waals surface area contributed by atoms with Crippen LogP contribution in [0.25, 0.3) is 0 Å². The van der Waals surface area contributed by atoms with Crippen LogP contribution in [0.4, 0.5) is 4.39 Å². The van der Waals surface area contributed by atoms with Crippen LogP contribution in [0.5, 0.6) is 0 Å². The molecule has 1 saturated carbocycles. The van der Waals surface area contributed by atoms with E-state index in [0.717, 1.165) is 5.56 Å². The van der Waals surface area contributed by atoms with Crippen LogP contribution in [0.2, 0.25) is 0 Å². The minimum Gasteiger partial charge on any atom is -0.207 e. The molecule has 1 aromatic carbocycles. The fourth-order valence-electron chi connectivity index (χ4n) is 1.53. The zero-order valence-corrected chi connectivity index (χ0v) is 6.96. The van der Waals surface area contributed by atoms with Gasteiger partial charge in [0.15, 0.2) is 0 Å². The molecule has 1 aliphatic rings. The van der Waals surface area contributed by atoms with Gasteiger partial charge in [0.25, 0.3) is 0 Å². The van der Waals surface area contributed by atoms with Crippen molar-refractivity contribution in [1.29, 1.82) is 0 Å². The average molecular weight is 163 g/mol. The fourth-order valence-corrected chi connectivity index (χ4v) is 1.53. The van der Waals surface area contributed by atoms with Crippen molar-refractivity contribution < 1.29 is 4.39 Å². The third-order valence-electron chi connectivity index (χ3n) is 2.50. The van der Waals surface area contributed by atoms with E-state index in [9.17, 15) is 4.39 Å². The van der Waals surface area contributed by atoms with E-state index in [1.54, 1.807) is 6.07 Å². The molecule has 0 N–H and O–H groups in total. The molecule has 1 aromatic rings. The van der Waals surface area contributed by atoms with Gasteiger partial charge in [-0.05, 0) is 43.2 Å². The third kappa shape index (κ3) is 1.36. The van der Waals surface area contributed by atoms with Crippen molar-refractivity contribution in [2.45, 2.75) is 18.8 Å². The Balaban J connectivity index is 2.25. The Kier molecular flexibility index (Phi) is 1.87. The van der Waals surface area contributed by atoms with E-state index >= 15 is 0 Å². The Morgan fingerprint density at radius 3 is 2.58 bits per heavy atom. The summed E-state index contributed by atoms with van der Waals surface area (Å²) < 4.78 is 13.2. The lowest BCUT2D eigenvalue weighted by Gasteiger charge is -2.10. The van der Waals surface area contributed by atoms with Gasteiger partial charge in [0.1, 0.15) is 5.82 Å². The molecule has 0 aromatic heterocycles. The van der Waals surface area contributed by atoms with E-state index in [1.165, 1.54) is 18.9 Å². The first-order chi connectivity index (χ1) is 5.79. The number of halogens is 1. The summed E-state index contributed by atoms with van der Waals surface area (Å²) in [6, 6.07) is 6.94. The summed E-state index contributed by atoms with van der Waals surface area (Å²) in [7, 11) is 0. The molecule has 0 heterocycles. The van der Waals surface area contributed by atoms with E-state index < -0.39 is 0 Å². The SMILES string of the molecule is [CH2]C(c1ccccc1F)C1CC1. The summed E-state index contributed by atoms with van der Waals surface area (Å²) in [5.74, 6) is 0.678. The maximum absolute atomic E-state index is 13.2. The van der Waals surface area contributed by atoms with E-state index in [1.807, 2.05) is 12.1 Å². The number of hydrogen-bond donors (Lipinski definition) is 0. The van der Waals surface area contributed by atoms with E-state index in [4.69, 9.17) is 0 Å². The average Bonchev–Trinajstić information content (AvgIpc) is 2.86. The second kappa shape index (κ2) is 2.89. The molecular weight excluding hydrogens is 151 g/mol. The first-order valence-electron chi connectivity index (χ1n) is 4.36. The lowest BCUT2D eigenvalue weighted by molar-refractivity contribution is 0.584. The minimum atomic E-state index is -0.107. The molecule has 2 rings (SSSR count). The second-order valence-corrected chi connectivity index (χ2v) is 3.47. The van der Waals surface area contributed by atoms with Gasteiger partial charge in [0.2, 0.25) is 0 Å². The first kappa shape index (κ1) is 7.78. The lowest BCUT2D eigenvalue weighted by atomic mass is 9.96. The molecule has 1 aliphatic carbocycles. The smallest absolute Gasteiger partial charge is 0.126 e. The van der Waals surface area contributed by atoms with Gasteiger partial charge in [-0.15, -0.1) is 0 Å². The van der Waals surface area contributed by atoms with Gasteiger partial charge in [-0.2, -0.15) is 0 Å². The topological polar surface area (TPSA) is 0 Å². The van der Waals surface area contributed by atoms with Gasteiger partial charge in [0, 0.05) is 0 Å². The van der Waals surface area contributed by atoms with Crippen molar-refractivity contribution in [3.63, 3.8) is 0 Å². The molecular formula is C11H12F. The predicted molar refractivity (Wildman–Crippen MR) is 47.2 cm³/mol.